The number of hydrogen-bond acceptors (Lipinski definition) is 2. The first kappa shape index (κ1) is 16.5. The molecule has 2 heterocycles. The highest BCUT2D eigenvalue weighted by Gasteiger charge is 2.36. The standard InChI is InChI=1S/C20H30N2O/c1-2-3-4-5-6-9-13-21-15-19-18-11-8-7-10-17(18)12-14-22(19)20(23)16-21/h7-8,10-11,19H,2-6,9,12-16H2,1H3. The number of carbonyl (C=O) groups excluding carboxylic acids is 1. The molecule has 126 valence electrons. The van der Waals surface area contributed by atoms with Gasteiger partial charge >= 0.3 is 0 Å². The van der Waals surface area contributed by atoms with Crippen molar-refractivity contribution in [3.8, 4) is 0 Å². The number of benzene rings is 1. The maximum Gasteiger partial charge on any atom is 0.237 e. The normalized spacial score (nSPS) is 21.2. The van der Waals surface area contributed by atoms with Crippen LogP contribution in [-0.4, -0.2) is 41.9 Å². The number of fused-ring (bicyclic) bond motifs is 3. The molecular weight excluding hydrogens is 284 g/mol. The molecule has 1 fully saturated rings. The summed E-state index contributed by atoms with van der Waals surface area (Å²) in [6, 6.07) is 8.95. The molecule has 23 heavy (non-hydrogen) atoms. The van der Waals surface area contributed by atoms with Crippen LogP contribution < -0.4 is 0 Å². The molecule has 1 atom stereocenters. The lowest BCUT2D eigenvalue weighted by atomic mass is 9.90. The largest absolute Gasteiger partial charge is 0.333 e. The number of nitrogens with zero attached hydrogens (tertiary/aromatic N) is 2. The number of hydrogen-bond donors (Lipinski definition) is 0. The molecular formula is C20H30N2O. The predicted molar refractivity (Wildman–Crippen MR) is 94.4 cm³/mol. The molecule has 3 rings (SSSR count). The zero-order chi connectivity index (χ0) is 16.1. The minimum absolute atomic E-state index is 0.279. The third-order valence-corrected chi connectivity index (χ3v) is 5.35. The summed E-state index contributed by atoms with van der Waals surface area (Å²) in [5.41, 5.74) is 2.81. The molecule has 2 aliphatic heterocycles. The molecule has 0 bridgehead atoms. The fourth-order valence-corrected chi connectivity index (χ4v) is 4.02. The highest BCUT2D eigenvalue weighted by Crippen LogP contribution is 2.32. The average molecular weight is 314 g/mol. The molecule has 1 unspecified atom stereocenters. The molecule has 0 spiro atoms. The Balaban J connectivity index is 1.55. The van der Waals surface area contributed by atoms with Crippen molar-refractivity contribution >= 4 is 5.91 Å². The Morgan fingerprint density at radius 2 is 1.87 bits per heavy atom. The van der Waals surface area contributed by atoms with Crippen LogP contribution in [0.2, 0.25) is 0 Å². The zero-order valence-electron chi connectivity index (χ0n) is 14.5. The smallest absolute Gasteiger partial charge is 0.237 e. The molecule has 0 saturated carbocycles. The molecule has 0 aromatic heterocycles. The van der Waals surface area contributed by atoms with Crippen molar-refractivity contribution in [1.29, 1.82) is 0 Å². The van der Waals surface area contributed by atoms with E-state index >= 15 is 0 Å². The van der Waals surface area contributed by atoms with Gasteiger partial charge in [0.1, 0.15) is 0 Å². The second-order valence-electron chi connectivity index (χ2n) is 7.05. The quantitative estimate of drug-likeness (QED) is 0.715. The van der Waals surface area contributed by atoms with Crippen LogP contribution >= 0.6 is 0 Å². The summed E-state index contributed by atoms with van der Waals surface area (Å²) < 4.78 is 0. The third kappa shape index (κ3) is 3.95. The molecule has 2 aliphatic rings. The van der Waals surface area contributed by atoms with E-state index in [4.69, 9.17) is 0 Å². The average Bonchev–Trinajstić information content (AvgIpc) is 2.58. The van der Waals surface area contributed by atoms with Gasteiger partial charge in [0.2, 0.25) is 5.91 Å². The second kappa shape index (κ2) is 7.96. The molecule has 0 radical (unpaired) electrons. The fraction of sp³-hybridized carbons (Fsp3) is 0.650. The molecule has 3 nitrogen and oxygen atoms in total. The number of amides is 1. The summed E-state index contributed by atoms with van der Waals surface area (Å²) in [6.45, 7) is 5.86. The van der Waals surface area contributed by atoms with E-state index in [0.29, 0.717) is 12.5 Å². The van der Waals surface area contributed by atoms with Crippen LogP contribution in [0.5, 0.6) is 0 Å². The highest BCUT2D eigenvalue weighted by molar-refractivity contribution is 5.80. The van der Waals surface area contributed by atoms with Crippen molar-refractivity contribution in [3.05, 3.63) is 35.4 Å². The number of rotatable bonds is 7. The van der Waals surface area contributed by atoms with Gasteiger partial charge in [-0.25, -0.2) is 0 Å². The summed E-state index contributed by atoms with van der Waals surface area (Å²) in [4.78, 5) is 17.0. The van der Waals surface area contributed by atoms with E-state index < -0.39 is 0 Å². The summed E-state index contributed by atoms with van der Waals surface area (Å²) in [7, 11) is 0. The van der Waals surface area contributed by atoms with Crippen LogP contribution in [-0.2, 0) is 11.2 Å². The lowest BCUT2D eigenvalue weighted by Crippen LogP contribution is -2.54. The van der Waals surface area contributed by atoms with Gasteiger partial charge in [0.15, 0.2) is 0 Å². The Bertz CT molecular complexity index is 528. The van der Waals surface area contributed by atoms with Gasteiger partial charge in [-0.2, -0.15) is 0 Å². The molecule has 0 N–H and O–H groups in total. The molecule has 1 aromatic carbocycles. The van der Waals surface area contributed by atoms with Crippen molar-refractivity contribution in [3.63, 3.8) is 0 Å². The summed E-state index contributed by atoms with van der Waals surface area (Å²) in [5.74, 6) is 0.321. The van der Waals surface area contributed by atoms with E-state index in [-0.39, 0.29) is 6.04 Å². The van der Waals surface area contributed by atoms with Crippen molar-refractivity contribution in [2.24, 2.45) is 0 Å². The highest BCUT2D eigenvalue weighted by atomic mass is 16.2. The van der Waals surface area contributed by atoms with Crippen LogP contribution in [0.4, 0.5) is 0 Å². The zero-order valence-corrected chi connectivity index (χ0v) is 14.5. The van der Waals surface area contributed by atoms with Gasteiger partial charge in [0.05, 0.1) is 12.6 Å². The number of unbranched alkanes of at least 4 members (excludes halogenated alkanes) is 5. The first-order valence-corrected chi connectivity index (χ1v) is 9.39. The first-order valence-electron chi connectivity index (χ1n) is 9.39. The molecule has 0 aliphatic carbocycles. The van der Waals surface area contributed by atoms with Gasteiger partial charge in [-0.05, 0) is 30.5 Å². The van der Waals surface area contributed by atoms with E-state index in [1.54, 1.807) is 0 Å². The van der Waals surface area contributed by atoms with Crippen molar-refractivity contribution in [2.75, 3.05) is 26.2 Å². The third-order valence-electron chi connectivity index (χ3n) is 5.35. The van der Waals surface area contributed by atoms with E-state index in [1.807, 2.05) is 0 Å². The maximum atomic E-state index is 12.5. The van der Waals surface area contributed by atoms with E-state index in [2.05, 4.69) is 41.0 Å². The molecule has 1 aromatic rings. The Labute approximate surface area is 140 Å². The van der Waals surface area contributed by atoms with Crippen LogP contribution in [0, 0.1) is 0 Å². The van der Waals surface area contributed by atoms with Crippen LogP contribution in [0.15, 0.2) is 24.3 Å². The lowest BCUT2D eigenvalue weighted by Gasteiger charge is -2.44. The molecule has 1 saturated heterocycles. The van der Waals surface area contributed by atoms with Gasteiger partial charge in [-0.15, -0.1) is 0 Å². The Morgan fingerprint density at radius 1 is 1.09 bits per heavy atom. The summed E-state index contributed by atoms with van der Waals surface area (Å²) >= 11 is 0. The van der Waals surface area contributed by atoms with Crippen LogP contribution in [0.3, 0.4) is 0 Å². The van der Waals surface area contributed by atoms with Crippen molar-refractivity contribution in [1.82, 2.24) is 9.80 Å². The topological polar surface area (TPSA) is 23.6 Å². The number of piperazine rings is 1. The van der Waals surface area contributed by atoms with Gasteiger partial charge in [0.25, 0.3) is 0 Å². The minimum atomic E-state index is 0.279. The summed E-state index contributed by atoms with van der Waals surface area (Å²) in [6.07, 6.45) is 8.90. The first-order chi connectivity index (χ1) is 11.3. The summed E-state index contributed by atoms with van der Waals surface area (Å²) in [5, 5.41) is 0. The van der Waals surface area contributed by atoms with Gasteiger partial charge < -0.3 is 4.90 Å². The predicted octanol–water partition coefficient (Wildman–Crippen LogP) is 3.79. The Morgan fingerprint density at radius 3 is 2.74 bits per heavy atom. The van der Waals surface area contributed by atoms with E-state index in [1.165, 1.54) is 49.7 Å². The molecule has 1 amide bonds. The number of carbonyl (C=O) groups is 1. The monoisotopic (exact) mass is 314 g/mol. The Kier molecular flexibility index (Phi) is 5.71. The maximum absolute atomic E-state index is 12.5. The second-order valence-corrected chi connectivity index (χ2v) is 7.05. The Hall–Kier alpha value is -1.35. The lowest BCUT2D eigenvalue weighted by molar-refractivity contribution is -0.140. The van der Waals surface area contributed by atoms with E-state index in [9.17, 15) is 4.79 Å². The SMILES string of the molecule is CCCCCCCCN1CC(=O)N2CCc3ccccc3C2C1. The molecule has 3 heteroatoms. The minimum Gasteiger partial charge on any atom is -0.333 e. The van der Waals surface area contributed by atoms with Crippen LogP contribution in [0.25, 0.3) is 0 Å². The van der Waals surface area contributed by atoms with E-state index in [0.717, 1.165) is 26.1 Å². The van der Waals surface area contributed by atoms with Gasteiger partial charge in [-0.3, -0.25) is 9.69 Å². The van der Waals surface area contributed by atoms with Gasteiger partial charge in [0, 0.05) is 13.1 Å². The fourth-order valence-electron chi connectivity index (χ4n) is 4.02. The van der Waals surface area contributed by atoms with Crippen molar-refractivity contribution < 1.29 is 4.79 Å². The van der Waals surface area contributed by atoms with Crippen LogP contribution in [0.1, 0.15) is 62.6 Å². The van der Waals surface area contributed by atoms with Gasteiger partial charge in [-0.1, -0.05) is 63.3 Å². The van der Waals surface area contributed by atoms with Crippen molar-refractivity contribution in [2.45, 2.75) is 57.9 Å².